The summed E-state index contributed by atoms with van der Waals surface area (Å²) < 4.78 is 3.95. The summed E-state index contributed by atoms with van der Waals surface area (Å²) in [7, 11) is 1.91. The first-order valence-corrected chi connectivity index (χ1v) is 7.27. The number of imidazole rings is 1. The Labute approximate surface area is 126 Å². The Morgan fingerprint density at radius 1 is 1.30 bits per heavy atom. The molecule has 0 spiro atoms. The predicted molar refractivity (Wildman–Crippen MR) is 81.5 cm³/mol. The van der Waals surface area contributed by atoms with Crippen molar-refractivity contribution in [3.63, 3.8) is 0 Å². The highest BCUT2D eigenvalue weighted by molar-refractivity contribution is 6.34. The summed E-state index contributed by atoms with van der Waals surface area (Å²) in [4.78, 5) is 4.62. The number of para-hydroxylation sites is 1. The number of nitrogens with zero attached hydrogens (tertiary/aromatic N) is 4. The molecule has 0 saturated carbocycles. The first kappa shape index (κ1) is 13.5. The van der Waals surface area contributed by atoms with Crippen LogP contribution in [0, 0.1) is 0 Å². The standard InChI is InChI=1S/C14H14Cl2N4/c1-19-8-10(7-17-19)9-20-12-4-2-3-11(16)14(12)18-13(20)5-6-15/h2-4,7-8H,5-6,9H2,1H3. The molecule has 0 unspecified atom stereocenters. The molecule has 3 rings (SSSR count). The number of aryl methyl sites for hydroxylation is 2. The van der Waals surface area contributed by atoms with Crippen LogP contribution in [0.15, 0.2) is 30.6 Å². The monoisotopic (exact) mass is 308 g/mol. The van der Waals surface area contributed by atoms with E-state index in [4.69, 9.17) is 23.2 Å². The molecule has 4 nitrogen and oxygen atoms in total. The summed E-state index contributed by atoms with van der Waals surface area (Å²) in [5.74, 6) is 1.49. The number of halogens is 2. The molecule has 2 heterocycles. The number of hydrogen-bond acceptors (Lipinski definition) is 2. The van der Waals surface area contributed by atoms with Crippen LogP contribution in [0.5, 0.6) is 0 Å². The summed E-state index contributed by atoms with van der Waals surface area (Å²) in [6, 6.07) is 5.83. The van der Waals surface area contributed by atoms with Gasteiger partial charge in [-0.25, -0.2) is 4.98 Å². The van der Waals surface area contributed by atoms with Gasteiger partial charge in [-0.3, -0.25) is 4.68 Å². The van der Waals surface area contributed by atoms with Crippen molar-refractivity contribution >= 4 is 34.2 Å². The minimum Gasteiger partial charge on any atom is -0.323 e. The van der Waals surface area contributed by atoms with E-state index in [1.54, 1.807) is 4.68 Å². The number of alkyl halides is 1. The fourth-order valence-corrected chi connectivity index (χ4v) is 2.73. The molecule has 0 aliphatic rings. The summed E-state index contributed by atoms with van der Waals surface area (Å²) in [5, 5.41) is 4.87. The lowest BCUT2D eigenvalue weighted by atomic mass is 10.3. The molecule has 20 heavy (non-hydrogen) atoms. The molecular formula is C14H14Cl2N4. The van der Waals surface area contributed by atoms with Crippen LogP contribution >= 0.6 is 23.2 Å². The van der Waals surface area contributed by atoms with Gasteiger partial charge >= 0.3 is 0 Å². The second-order valence-corrected chi connectivity index (χ2v) is 5.47. The van der Waals surface area contributed by atoms with Crippen LogP contribution in [0.3, 0.4) is 0 Å². The van der Waals surface area contributed by atoms with E-state index in [0.29, 0.717) is 17.3 Å². The lowest BCUT2D eigenvalue weighted by Crippen LogP contribution is -2.05. The SMILES string of the molecule is Cn1cc(Cn2c(CCCl)nc3c(Cl)cccc32)cn1. The maximum Gasteiger partial charge on any atom is 0.111 e. The molecule has 6 heteroatoms. The van der Waals surface area contributed by atoms with Crippen molar-refractivity contribution in [2.75, 3.05) is 5.88 Å². The molecule has 0 amide bonds. The van der Waals surface area contributed by atoms with E-state index in [-0.39, 0.29) is 0 Å². The molecule has 0 aliphatic heterocycles. The van der Waals surface area contributed by atoms with Gasteiger partial charge in [-0.05, 0) is 12.1 Å². The molecule has 0 aliphatic carbocycles. The fourth-order valence-electron chi connectivity index (χ4n) is 2.35. The summed E-state index contributed by atoms with van der Waals surface area (Å²) in [6.07, 6.45) is 4.58. The van der Waals surface area contributed by atoms with E-state index in [9.17, 15) is 0 Å². The summed E-state index contributed by atoms with van der Waals surface area (Å²) >= 11 is 12.1. The highest BCUT2D eigenvalue weighted by Gasteiger charge is 2.13. The van der Waals surface area contributed by atoms with Crippen LogP contribution in [-0.2, 0) is 20.0 Å². The fraction of sp³-hybridized carbons (Fsp3) is 0.286. The summed E-state index contributed by atoms with van der Waals surface area (Å²) in [5.41, 5.74) is 2.99. The molecule has 3 aromatic rings. The van der Waals surface area contributed by atoms with E-state index in [2.05, 4.69) is 14.6 Å². The van der Waals surface area contributed by atoms with Crippen LogP contribution < -0.4 is 0 Å². The van der Waals surface area contributed by atoms with Gasteiger partial charge in [0.1, 0.15) is 11.3 Å². The topological polar surface area (TPSA) is 35.6 Å². The lowest BCUT2D eigenvalue weighted by molar-refractivity contribution is 0.747. The molecule has 0 radical (unpaired) electrons. The molecule has 0 saturated heterocycles. The Balaban J connectivity index is 2.11. The molecule has 1 aromatic carbocycles. The van der Waals surface area contributed by atoms with Gasteiger partial charge in [-0.1, -0.05) is 17.7 Å². The average Bonchev–Trinajstić information content (AvgIpc) is 2.97. The first-order chi connectivity index (χ1) is 9.69. The minimum atomic E-state index is 0.536. The van der Waals surface area contributed by atoms with E-state index in [1.807, 2.05) is 37.6 Å². The van der Waals surface area contributed by atoms with Gasteiger partial charge in [0, 0.05) is 31.1 Å². The van der Waals surface area contributed by atoms with Crippen molar-refractivity contribution in [1.82, 2.24) is 19.3 Å². The Hall–Kier alpha value is -1.52. The van der Waals surface area contributed by atoms with Gasteiger partial charge in [-0.2, -0.15) is 5.10 Å². The zero-order valence-electron chi connectivity index (χ0n) is 11.1. The van der Waals surface area contributed by atoms with Crippen molar-refractivity contribution in [3.05, 3.63) is 47.0 Å². The zero-order chi connectivity index (χ0) is 14.1. The molecule has 0 N–H and O–H groups in total. The smallest absolute Gasteiger partial charge is 0.111 e. The number of hydrogen-bond donors (Lipinski definition) is 0. The van der Waals surface area contributed by atoms with E-state index in [1.165, 1.54) is 0 Å². The van der Waals surface area contributed by atoms with Gasteiger partial charge in [0.05, 0.1) is 23.3 Å². The molecule has 0 atom stereocenters. The van der Waals surface area contributed by atoms with Crippen LogP contribution in [-0.4, -0.2) is 25.2 Å². The van der Waals surface area contributed by atoms with E-state index >= 15 is 0 Å². The van der Waals surface area contributed by atoms with Crippen LogP contribution in [0.25, 0.3) is 11.0 Å². The Bertz CT molecular complexity index is 745. The third-order valence-corrected chi connectivity index (χ3v) is 3.72. The molecular weight excluding hydrogens is 295 g/mol. The highest BCUT2D eigenvalue weighted by atomic mass is 35.5. The first-order valence-electron chi connectivity index (χ1n) is 6.36. The van der Waals surface area contributed by atoms with Crippen molar-refractivity contribution < 1.29 is 0 Å². The average molecular weight is 309 g/mol. The van der Waals surface area contributed by atoms with E-state index in [0.717, 1.165) is 29.0 Å². The quantitative estimate of drug-likeness (QED) is 0.694. The Kier molecular flexibility index (Phi) is 3.68. The van der Waals surface area contributed by atoms with Crippen molar-refractivity contribution in [3.8, 4) is 0 Å². The maximum atomic E-state index is 6.22. The predicted octanol–water partition coefficient (Wildman–Crippen LogP) is 3.25. The van der Waals surface area contributed by atoms with Crippen molar-refractivity contribution in [2.24, 2.45) is 7.05 Å². The third-order valence-electron chi connectivity index (χ3n) is 3.23. The van der Waals surface area contributed by atoms with Crippen molar-refractivity contribution in [2.45, 2.75) is 13.0 Å². The van der Waals surface area contributed by atoms with Crippen LogP contribution in [0.1, 0.15) is 11.4 Å². The second-order valence-electron chi connectivity index (χ2n) is 4.68. The van der Waals surface area contributed by atoms with Gasteiger partial charge in [0.2, 0.25) is 0 Å². The van der Waals surface area contributed by atoms with Gasteiger partial charge < -0.3 is 4.57 Å². The molecule has 0 fully saturated rings. The second kappa shape index (κ2) is 5.46. The molecule has 2 aromatic heterocycles. The molecule has 104 valence electrons. The van der Waals surface area contributed by atoms with Gasteiger partial charge in [0.25, 0.3) is 0 Å². The summed E-state index contributed by atoms with van der Waals surface area (Å²) in [6.45, 7) is 0.719. The number of aromatic nitrogens is 4. The normalized spacial score (nSPS) is 11.3. The zero-order valence-corrected chi connectivity index (χ0v) is 12.6. The molecule has 0 bridgehead atoms. The minimum absolute atomic E-state index is 0.536. The van der Waals surface area contributed by atoms with E-state index < -0.39 is 0 Å². The Morgan fingerprint density at radius 2 is 2.15 bits per heavy atom. The van der Waals surface area contributed by atoms with Crippen LogP contribution in [0.2, 0.25) is 5.02 Å². The van der Waals surface area contributed by atoms with Crippen molar-refractivity contribution in [1.29, 1.82) is 0 Å². The number of benzene rings is 1. The Morgan fingerprint density at radius 3 is 2.85 bits per heavy atom. The largest absolute Gasteiger partial charge is 0.323 e. The third kappa shape index (κ3) is 2.41. The number of fused-ring (bicyclic) bond motifs is 1. The lowest BCUT2D eigenvalue weighted by Gasteiger charge is -2.06. The number of rotatable bonds is 4. The van der Waals surface area contributed by atoms with Gasteiger partial charge in [0.15, 0.2) is 0 Å². The van der Waals surface area contributed by atoms with Gasteiger partial charge in [-0.15, -0.1) is 11.6 Å². The maximum absolute atomic E-state index is 6.22. The van der Waals surface area contributed by atoms with Crippen LogP contribution in [0.4, 0.5) is 0 Å². The highest BCUT2D eigenvalue weighted by Crippen LogP contribution is 2.25.